The van der Waals surface area contributed by atoms with Crippen molar-refractivity contribution in [1.29, 1.82) is 0 Å². The molecule has 1 aliphatic heterocycles. The van der Waals surface area contributed by atoms with Crippen LogP contribution >= 0.6 is 0 Å². The Hall–Kier alpha value is -3.50. The lowest BCUT2D eigenvalue weighted by atomic mass is 10.1. The number of rotatable bonds is 8. The maximum atomic E-state index is 13.3. The van der Waals surface area contributed by atoms with Gasteiger partial charge < -0.3 is 14.5 Å². The van der Waals surface area contributed by atoms with Gasteiger partial charge in [-0.1, -0.05) is 29.8 Å². The van der Waals surface area contributed by atoms with E-state index >= 15 is 0 Å². The third kappa shape index (κ3) is 5.60. The van der Waals surface area contributed by atoms with Crippen molar-refractivity contribution < 1.29 is 17.9 Å². The summed E-state index contributed by atoms with van der Waals surface area (Å²) < 4.78 is 33.1. The molecule has 3 aromatic rings. The molecule has 1 saturated heterocycles. The van der Waals surface area contributed by atoms with Gasteiger partial charge in [0.2, 0.25) is 15.9 Å². The molecule has 9 nitrogen and oxygen atoms in total. The number of carbonyl (C=O) groups is 1. The maximum absolute atomic E-state index is 13.3. The fourth-order valence-electron chi connectivity index (χ4n) is 4.45. The molecular formula is C27H31N5O4S. The van der Waals surface area contributed by atoms with Crippen molar-refractivity contribution in [3.63, 3.8) is 0 Å². The zero-order chi connectivity index (χ0) is 26.0. The van der Waals surface area contributed by atoms with Crippen LogP contribution in [-0.4, -0.2) is 79.6 Å². The molecule has 10 heteroatoms. The summed E-state index contributed by atoms with van der Waals surface area (Å²) in [6, 6.07) is 18.2. The summed E-state index contributed by atoms with van der Waals surface area (Å²) in [4.78, 5) is 17.2. The summed E-state index contributed by atoms with van der Waals surface area (Å²) in [6.07, 6.45) is 1.54. The number of methoxy groups -OCH3 is 1. The number of piperazine rings is 1. The Bertz CT molecular complexity index is 1330. The lowest BCUT2D eigenvalue weighted by Crippen LogP contribution is -2.52. The number of hydrogen-bond acceptors (Lipinski definition) is 7. The Kier molecular flexibility index (Phi) is 7.12. The van der Waals surface area contributed by atoms with Gasteiger partial charge in [-0.25, -0.2) is 8.42 Å². The molecule has 0 atom stereocenters. The molecule has 194 valence electrons. The molecule has 37 heavy (non-hydrogen) atoms. The largest absolute Gasteiger partial charge is 0.497 e. The van der Waals surface area contributed by atoms with Gasteiger partial charge >= 0.3 is 0 Å². The standard InChI is InChI=1S/C27H31N5O4S/c1-20-3-5-21(6-4-20)25-13-14-26(29-28-25)30-15-17-31(18-16-30)27(33)19-32(22-7-8-22)37(34,35)24-11-9-23(36-2)10-12-24/h3-6,9-14,22H,7-8,15-19H2,1-2H3. The van der Waals surface area contributed by atoms with Crippen LogP contribution in [0.25, 0.3) is 11.3 Å². The number of aryl methyl sites for hydroxylation is 1. The van der Waals surface area contributed by atoms with Crippen LogP contribution in [0.2, 0.25) is 0 Å². The van der Waals surface area contributed by atoms with Crippen molar-refractivity contribution in [3.8, 4) is 17.0 Å². The summed E-state index contributed by atoms with van der Waals surface area (Å²) >= 11 is 0. The number of anilines is 1. The molecule has 1 aromatic heterocycles. The van der Waals surface area contributed by atoms with Crippen LogP contribution in [0.15, 0.2) is 65.6 Å². The van der Waals surface area contributed by atoms with Crippen LogP contribution in [0.5, 0.6) is 5.75 Å². The molecule has 0 spiro atoms. The topological polar surface area (TPSA) is 95.9 Å². The number of hydrogen-bond donors (Lipinski definition) is 0. The van der Waals surface area contributed by atoms with Gasteiger partial charge in [-0.2, -0.15) is 4.31 Å². The molecule has 5 rings (SSSR count). The quantitative estimate of drug-likeness (QED) is 0.450. The number of ether oxygens (including phenoxy) is 1. The molecular weight excluding hydrogens is 490 g/mol. The van der Waals surface area contributed by atoms with Gasteiger partial charge in [0.25, 0.3) is 0 Å². The number of sulfonamides is 1. The molecule has 0 bridgehead atoms. The second-order valence-electron chi connectivity index (χ2n) is 9.47. The van der Waals surface area contributed by atoms with Crippen molar-refractivity contribution in [3.05, 3.63) is 66.2 Å². The Morgan fingerprint density at radius 1 is 0.946 bits per heavy atom. The number of aromatic nitrogens is 2. The van der Waals surface area contributed by atoms with Crippen LogP contribution in [0.3, 0.4) is 0 Å². The van der Waals surface area contributed by atoms with E-state index in [0.717, 1.165) is 29.9 Å². The molecule has 0 unspecified atom stereocenters. The smallest absolute Gasteiger partial charge is 0.243 e. The zero-order valence-electron chi connectivity index (χ0n) is 21.1. The predicted molar refractivity (Wildman–Crippen MR) is 141 cm³/mol. The summed E-state index contributed by atoms with van der Waals surface area (Å²) in [6.45, 7) is 4.12. The van der Waals surface area contributed by atoms with E-state index in [1.807, 2.05) is 43.3 Å². The van der Waals surface area contributed by atoms with Gasteiger partial charge in [-0.05, 0) is 56.2 Å². The maximum Gasteiger partial charge on any atom is 0.243 e. The fourth-order valence-corrected chi connectivity index (χ4v) is 6.08. The molecule has 0 radical (unpaired) electrons. The minimum absolute atomic E-state index is 0.125. The third-order valence-electron chi connectivity index (χ3n) is 6.87. The van der Waals surface area contributed by atoms with Crippen molar-refractivity contribution in [2.24, 2.45) is 0 Å². The molecule has 2 aliphatic rings. The zero-order valence-corrected chi connectivity index (χ0v) is 21.9. The molecule has 2 heterocycles. The minimum Gasteiger partial charge on any atom is -0.497 e. The first-order valence-corrected chi connectivity index (χ1v) is 13.9. The second kappa shape index (κ2) is 10.5. The third-order valence-corrected chi connectivity index (χ3v) is 8.78. The SMILES string of the molecule is COc1ccc(S(=O)(=O)N(CC(=O)N2CCN(c3ccc(-c4ccc(C)cc4)nn3)CC2)C2CC2)cc1. The lowest BCUT2D eigenvalue weighted by Gasteiger charge is -2.36. The van der Waals surface area contributed by atoms with E-state index in [2.05, 4.69) is 15.1 Å². The van der Waals surface area contributed by atoms with Crippen molar-refractivity contribution in [1.82, 2.24) is 19.4 Å². The molecule has 0 N–H and O–H groups in total. The monoisotopic (exact) mass is 521 g/mol. The Labute approximate surface area is 217 Å². The average Bonchev–Trinajstić information content (AvgIpc) is 3.77. The van der Waals surface area contributed by atoms with E-state index in [1.165, 1.54) is 29.1 Å². The number of carbonyl (C=O) groups excluding carboxylic acids is 1. The molecule has 1 amide bonds. The number of amides is 1. The van der Waals surface area contributed by atoms with Crippen molar-refractivity contribution in [2.75, 3.05) is 44.7 Å². The molecule has 2 aromatic carbocycles. The van der Waals surface area contributed by atoms with Gasteiger partial charge in [0, 0.05) is 37.8 Å². The van der Waals surface area contributed by atoms with E-state index < -0.39 is 10.0 Å². The van der Waals surface area contributed by atoms with Crippen molar-refractivity contribution in [2.45, 2.75) is 30.7 Å². The summed E-state index contributed by atoms with van der Waals surface area (Å²) in [5.74, 6) is 1.18. The van der Waals surface area contributed by atoms with Gasteiger partial charge in [0.05, 0.1) is 24.2 Å². The summed E-state index contributed by atoms with van der Waals surface area (Å²) in [7, 11) is -2.24. The highest BCUT2D eigenvalue weighted by Crippen LogP contribution is 2.32. The summed E-state index contributed by atoms with van der Waals surface area (Å²) in [5.41, 5.74) is 3.03. The lowest BCUT2D eigenvalue weighted by molar-refractivity contribution is -0.131. The first kappa shape index (κ1) is 25.2. The van der Waals surface area contributed by atoms with Crippen LogP contribution in [-0.2, 0) is 14.8 Å². The molecule has 1 saturated carbocycles. The van der Waals surface area contributed by atoms with E-state index in [1.54, 1.807) is 17.0 Å². The van der Waals surface area contributed by atoms with E-state index in [4.69, 9.17) is 4.74 Å². The average molecular weight is 522 g/mol. The number of nitrogens with zero attached hydrogens (tertiary/aromatic N) is 5. The van der Waals surface area contributed by atoms with Gasteiger partial charge in [0.15, 0.2) is 5.82 Å². The van der Waals surface area contributed by atoms with E-state index in [-0.39, 0.29) is 23.4 Å². The van der Waals surface area contributed by atoms with Crippen LogP contribution < -0.4 is 9.64 Å². The Morgan fingerprint density at radius 3 is 2.19 bits per heavy atom. The normalized spacial score (nSPS) is 16.2. The minimum atomic E-state index is -3.78. The van der Waals surface area contributed by atoms with Crippen molar-refractivity contribution >= 4 is 21.7 Å². The van der Waals surface area contributed by atoms with E-state index in [9.17, 15) is 13.2 Å². The molecule has 1 aliphatic carbocycles. The van der Waals surface area contributed by atoms with Crippen LogP contribution in [0, 0.1) is 6.92 Å². The van der Waals surface area contributed by atoms with Gasteiger partial charge in [-0.3, -0.25) is 4.79 Å². The van der Waals surface area contributed by atoms with Gasteiger partial charge in [0.1, 0.15) is 5.75 Å². The van der Waals surface area contributed by atoms with E-state index in [0.29, 0.717) is 31.9 Å². The Morgan fingerprint density at radius 2 is 1.62 bits per heavy atom. The second-order valence-corrected chi connectivity index (χ2v) is 11.4. The first-order chi connectivity index (χ1) is 17.8. The predicted octanol–water partition coefficient (Wildman–Crippen LogP) is 2.96. The van der Waals surface area contributed by atoms with Crippen LogP contribution in [0.4, 0.5) is 5.82 Å². The highest BCUT2D eigenvalue weighted by atomic mass is 32.2. The highest BCUT2D eigenvalue weighted by molar-refractivity contribution is 7.89. The Balaban J connectivity index is 1.20. The molecule has 2 fully saturated rings. The van der Waals surface area contributed by atoms with Gasteiger partial charge in [-0.15, -0.1) is 10.2 Å². The first-order valence-electron chi connectivity index (χ1n) is 12.4. The summed E-state index contributed by atoms with van der Waals surface area (Å²) in [5, 5.41) is 8.79. The number of benzene rings is 2. The fraction of sp³-hybridized carbons (Fsp3) is 0.370. The highest BCUT2D eigenvalue weighted by Gasteiger charge is 2.40. The van der Waals surface area contributed by atoms with Crippen LogP contribution in [0.1, 0.15) is 18.4 Å².